The molecule has 0 bridgehead atoms. The number of hydrogen-bond acceptors (Lipinski definition) is 4. The van der Waals surface area contributed by atoms with Gasteiger partial charge in [0.2, 0.25) is 0 Å². The van der Waals surface area contributed by atoms with E-state index < -0.39 is 11.9 Å². The van der Waals surface area contributed by atoms with Crippen molar-refractivity contribution in [2.24, 2.45) is 5.73 Å². The SMILES string of the molecule is NC=CC=S.O=C(O)C(=O)O.[Pt]. The van der Waals surface area contributed by atoms with Crippen LogP contribution in [-0.2, 0) is 30.7 Å². The molecule has 0 rings (SSSR count). The first-order valence-electron chi connectivity index (χ1n) is 2.34. The summed E-state index contributed by atoms with van der Waals surface area (Å²) < 4.78 is 0. The third kappa shape index (κ3) is 22.8. The summed E-state index contributed by atoms with van der Waals surface area (Å²) in [4.78, 5) is 18.2. The molecule has 0 amide bonds. The monoisotopic (exact) mass is 372 g/mol. The van der Waals surface area contributed by atoms with Crippen molar-refractivity contribution in [1.82, 2.24) is 0 Å². The van der Waals surface area contributed by atoms with Crippen molar-refractivity contribution in [3.05, 3.63) is 12.3 Å². The second kappa shape index (κ2) is 12.9. The van der Waals surface area contributed by atoms with E-state index in [0.29, 0.717) is 0 Å². The molecule has 0 aliphatic carbocycles. The standard InChI is InChI=1S/C3H5NS.C2H2O4.Pt/c4-2-1-3-5;3-1(4)2(5)6;/h1-3H,4H2;(H,3,4)(H,5,6);. The Bertz CT molecular complexity index is 170. The Morgan fingerprint density at radius 3 is 1.58 bits per heavy atom. The smallest absolute Gasteiger partial charge is 0.414 e. The first-order chi connectivity index (χ1) is 5.06. The zero-order valence-electron chi connectivity index (χ0n) is 5.74. The molecule has 0 aromatic heterocycles. The normalized spacial score (nSPS) is 7.33. The van der Waals surface area contributed by atoms with Gasteiger partial charge in [-0.05, 0) is 12.3 Å². The van der Waals surface area contributed by atoms with Crippen LogP contribution in [0.25, 0.3) is 0 Å². The second-order valence-corrected chi connectivity index (χ2v) is 1.40. The minimum atomic E-state index is -1.82. The zero-order chi connectivity index (χ0) is 9.28. The molecule has 0 heterocycles. The van der Waals surface area contributed by atoms with Crippen molar-refractivity contribution in [2.45, 2.75) is 0 Å². The van der Waals surface area contributed by atoms with Gasteiger partial charge in [0.25, 0.3) is 0 Å². The minimum absolute atomic E-state index is 0. The van der Waals surface area contributed by atoms with Gasteiger partial charge in [-0.1, -0.05) is 12.2 Å². The Labute approximate surface area is 88.5 Å². The van der Waals surface area contributed by atoms with Crippen molar-refractivity contribution in [1.29, 1.82) is 0 Å². The van der Waals surface area contributed by atoms with Crippen LogP contribution >= 0.6 is 12.2 Å². The quantitative estimate of drug-likeness (QED) is 0.329. The molecule has 0 saturated carbocycles. The number of aliphatic carboxylic acids is 2. The number of nitrogens with two attached hydrogens (primary N) is 1. The van der Waals surface area contributed by atoms with Gasteiger partial charge in [0.1, 0.15) is 0 Å². The molecule has 12 heavy (non-hydrogen) atoms. The van der Waals surface area contributed by atoms with Crippen molar-refractivity contribution in [3.63, 3.8) is 0 Å². The van der Waals surface area contributed by atoms with E-state index in [1.165, 1.54) is 11.6 Å². The van der Waals surface area contributed by atoms with E-state index in [1.54, 1.807) is 6.08 Å². The van der Waals surface area contributed by atoms with E-state index in [4.69, 9.17) is 25.5 Å². The molecule has 0 saturated heterocycles. The number of hydrogen-bond donors (Lipinski definition) is 3. The Kier molecular flexibility index (Phi) is 18.7. The summed E-state index contributed by atoms with van der Waals surface area (Å²) in [5.74, 6) is -3.65. The molecule has 0 aliphatic rings. The molecule has 5 nitrogen and oxygen atoms in total. The van der Waals surface area contributed by atoms with E-state index in [0.717, 1.165) is 0 Å². The molecule has 0 radical (unpaired) electrons. The number of carboxylic acids is 2. The van der Waals surface area contributed by atoms with E-state index in [1.807, 2.05) is 0 Å². The molecule has 0 aliphatic heterocycles. The first-order valence-corrected chi connectivity index (χ1v) is 2.81. The number of rotatable bonds is 1. The van der Waals surface area contributed by atoms with Crippen molar-refractivity contribution in [3.8, 4) is 0 Å². The van der Waals surface area contributed by atoms with Gasteiger partial charge >= 0.3 is 11.9 Å². The van der Waals surface area contributed by atoms with Crippen LogP contribution in [-0.4, -0.2) is 27.5 Å². The van der Waals surface area contributed by atoms with Crippen LogP contribution in [0, 0.1) is 0 Å². The van der Waals surface area contributed by atoms with E-state index >= 15 is 0 Å². The summed E-state index contributed by atoms with van der Waals surface area (Å²) >= 11 is 4.36. The molecule has 0 fully saturated rings. The van der Waals surface area contributed by atoms with Crippen LogP contribution in [0.4, 0.5) is 0 Å². The predicted octanol–water partition coefficient (Wildman–Crippen LogP) is -0.388. The molecule has 72 valence electrons. The minimum Gasteiger partial charge on any atom is -0.473 e. The fraction of sp³-hybridized carbons (Fsp3) is 0. The fourth-order valence-corrected chi connectivity index (χ4v) is 0.136. The van der Waals surface area contributed by atoms with Crippen molar-refractivity contribution < 1.29 is 40.9 Å². The zero-order valence-corrected chi connectivity index (χ0v) is 8.83. The summed E-state index contributed by atoms with van der Waals surface area (Å²) in [6, 6.07) is 0. The summed E-state index contributed by atoms with van der Waals surface area (Å²) in [5.41, 5.74) is 4.86. The number of carboxylic acid groups (broad SMARTS) is 2. The van der Waals surface area contributed by atoms with E-state index in [-0.39, 0.29) is 21.1 Å². The van der Waals surface area contributed by atoms with Crippen LogP contribution < -0.4 is 5.73 Å². The van der Waals surface area contributed by atoms with Crippen LogP contribution in [0.5, 0.6) is 0 Å². The largest absolute Gasteiger partial charge is 0.473 e. The molecule has 0 aromatic rings. The molecule has 0 unspecified atom stereocenters. The van der Waals surface area contributed by atoms with E-state index in [9.17, 15) is 0 Å². The Morgan fingerprint density at radius 1 is 1.25 bits per heavy atom. The van der Waals surface area contributed by atoms with Gasteiger partial charge < -0.3 is 15.9 Å². The van der Waals surface area contributed by atoms with Gasteiger partial charge in [0.15, 0.2) is 0 Å². The summed E-state index contributed by atoms with van der Waals surface area (Å²) in [6.45, 7) is 0. The molecule has 4 N–H and O–H groups in total. The van der Waals surface area contributed by atoms with Gasteiger partial charge in [0, 0.05) is 26.4 Å². The Morgan fingerprint density at radius 2 is 1.58 bits per heavy atom. The average molecular weight is 372 g/mol. The average Bonchev–Trinajstić information content (AvgIpc) is 1.90. The third-order valence-electron chi connectivity index (χ3n) is 0.373. The summed E-state index contributed by atoms with van der Waals surface area (Å²) in [7, 11) is 0. The van der Waals surface area contributed by atoms with Crippen LogP contribution in [0.15, 0.2) is 12.3 Å². The molecule has 7 heteroatoms. The number of allylic oxidation sites excluding steroid dienone is 1. The van der Waals surface area contributed by atoms with Crippen LogP contribution in [0.3, 0.4) is 0 Å². The fourth-order valence-electron chi connectivity index (χ4n) is 0.0454. The third-order valence-corrected chi connectivity index (χ3v) is 0.530. The van der Waals surface area contributed by atoms with Gasteiger partial charge in [-0.2, -0.15) is 0 Å². The molecule has 0 spiro atoms. The molecule has 0 aromatic carbocycles. The topological polar surface area (TPSA) is 101 Å². The first kappa shape index (κ1) is 17.4. The molecule has 0 atom stereocenters. The number of thiocarbonyl (C=S) groups is 1. The maximum Gasteiger partial charge on any atom is 0.414 e. The maximum atomic E-state index is 9.10. The molecular weight excluding hydrogens is 365 g/mol. The van der Waals surface area contributed by atoms with Crippen LogP contribution in [0.2, 0.25) is 0 Å². The molecular formula is C5H7NO4PtS. The second-order valence-electron chi connectivity index (χ2n) is 1.13. The maximum absolute atomic E-state index is 9.10. The Balaban J connectivity index is -0.000000126. The Hall–Kier alpha value is -0.742. The van der Waals surface area contributed by atoms with Crippen molar-refractivity contribution in [2.75, 3.05) is 0 Å². The number of carbonyl (C=O) groups is 2. The van der Waals surface area contributed by atoms with Gasteiger partial charge in [-0.25, -0.2) is 9.59 Å². The van der Waals surface area contributed by atoms with Gasteiger partial charge in [0.05, 0.1) is 0 Å². The van der Waals surface area contributed by atoms with E-state index in [2.05, 4.69) is 12.2 Å². The van der Waals surface area contributed by atoms with Crippen LogP contribution in [0.1, 0.15) is 0 Å². The predicted molar refractivity (Wildman–Crippen MR) is 42.3 cm³/mol. The van der Waals surface area contributed by atoms with Gasteiger partial charge in [-0.15, -0.1) is 0 Å². The van der Waals surface area contributed by atoms with Crippen molar-refractivity contribution >= 4 is 29.5 Å². The summed E-state index contributed by atoms with van der Waals surface area (Å²) in [5, 5.41) is 16.2. The summed E-state index contributed by atoms with van der Waals surface area (Å²) in [6.07, 6.45) is 2.99. The van der Waals surface area contributed by atoms with Gasteiger partial charge in [-0.3, -0.25) is 0 Å².